The highest BCUT2D eigenvalue weighted by Crippen LogP contribution is 2.53. The van der Waals surface area contributed by atoms with Gasteiger partial charge in [0.25, 0.3) is 0 Å². The van der Waals surface area contributed by atoms with E-state index in [4.69, 9.17) is 5.73 Å². The van der Waals surface area contributed by atoms with Crippen LogP contribution in [-0.2, 0) is 4.79 Å². The van der Waals surface area contributed by atoms with Gasteiger partial charge >= 0.3 is 0 Å². The molecule has 0 radical (unpaired) electrons. The van der Waals surface area contributed by atoms with Gasteiger partial charge in [0.1, 0.15) is 5.82 Å². The SMILES string of the molecule is CN1CCC(N2C[C@@H]3C(C(=O)Nc4nc(-c5ccc(F)cc5)ccc4N)[C@@H]3C2)CC1. The zero-order valence-corrected chi connectivity index (χ0v) is 17.2. The highest BCUT2D eigenvalue weighted by atomic mass is 19.1. The molecule has 2 saturated heterocycles. The second-order valence-corrected chi connectivity index (χ2v) is 8.97. The van der Waals surface area contributed by atoms with Crippen LogP contribution in [0.15, 0.2) is 36.4 Å². The molecule has 1 amide bonds. The van der Waals surface area contributed by atoms with Crippen LogP contribution in [0.1, 0.15) is 12.8 Å². The van der Waals surface area contributed by atoms with Crippen molar-refractivity contribution in [3.8, 4) is 11.3 Å². The van der Waals surface area contributed by atoms with Gasteiger partial charge in [0.2, 0.25) is 5.91 Å². The maximum absolute atomic E-state index is 13.2. The largest absolute Gasteiger partial charge is 0.396 e. The first kappa shape index (κ1) is 19.5. The van der Waals surface area contributed by atoms with Crippen molar-refractivity contribution in [2.24, 2.45) is 17.8 Å². The Morgan fingerprint density at radius 2 is 1.77 bits per heavy atom. The molecule has 6 nitrogen and oxygen atoms in total. The van der Waals surface area contributed by atoms with Crippen LogP contribution >= 0.6 is 0 Å². The number of nitrogen functional groups attached to an aromatic ring is 1. The molecule has 3 atom stereocenters. The van der Waals surface area contributed by atoms with E-state index >= 15 is 0 Å². The first-order valence-corrected chi connectivity index (χ1v) is 10.8. The number of anilines is 2. The number of nitrogens with zero attached hydrogens (tertiary/aromatic N) is 3. The molecule has 1 unspecified atom stereocenters. The molecule has 5 rings (SSSR count). The fourth-order valence-electron chi connectivity index (χ4n) is 5.16. The molecule has 1 aromatic heterocycles. The van der Waals surface area contributed by atoms with Crippen molar-refractivity contribution in [1.82, 2.24) is 14.8 Å². The minimum atomic E-state index is -0.294. The van der Waals surface area contributed by atoms with Crippen molar-refractivity contribution < 1.29 is 9.18 Å². The lowest BCUT2D eigenvalue weighted by molar-refractivity contribution is -0.118. The number of carbonyl (C=O) groups is 1. The summed E-state index contributed by atoms with van der Waals surface area (Å²) in [6, 6.07) is 10.3. The monoisotopic (exact) mass is 409 g/mol. The number of aromatic nitrogens is 1. The Morgan fingerprint density at radius 1 is 1.10 bits per heavy atom. The van der Waals surface area contributed by atoms with E-state index in [9.17, 15) is 9.18 Å². The zero-order chi connectivity index (χ0) is 20.8. The van der Waals surface area contributed by atoms with E-state index in [0.717, 1.165) is 31.7 Å². The average molecular weight is 410 g/mol. The number of rotatable bonds is 4. The summed E-state index contributed by atoms with van der Waals surface area (Å²) in [7, 11) is 2.18. The Kier molecular flexibility index (Phi) is 4.95. The molecule has 1 aliphatic carbocycles. The lowest BCUT2D eigenvalue weighted by atomic mass is 10.0. The summed E-state index contributed by atoms with van der Waals surface area (Å²) in [4.78, 5) is 22.4. The summed E-state index contributed by atoms with van der Waals surface area (Å²) in [5, 5.41) is 2.95. The summed E-state index contributed by atoms with van der Waals surface area (Å²) in [6.45, 7) is 4.37. The van der Waals surface area contributed by atoms with Crippen LogP contribution in [0.4, 0.5) is 15.9 Å². The number of carbonyl (C=O) groups excluding carboxylic acids is 1. The minimum absolute atomic E-state index is 0.0171. The zero-order valence-electron chi connectivity index (χ0n) is 17.2. The number of benzene rings is 1. The van der Waals surface area contributed by atoms with Gasteiger partial charge in [-0.05, 0) is 81.2 Å². The van der Waals surface area contributed by atoms with Gasteiger partial charge in [0.05, 0.1) is 11.4 Å². The summed E-state index contributed by atoms with van der Waals surface area (Å²) in [6.07, 6.45) is 2.45. The van der Waals surface area contributed by atoms with E-state index in [1.807, 2.05) is 0 Å². The van der Waals surface area contributed by atoms with Crippen LogP contribution in [0.25, 0.3) is 11.3 Å². The number of amides is 1. The molecule has 0 spiro atoms. The molecule has 3 N–H and O–H groups in total. The maximum atomic E-state index is 13.2. The van der Waals surface area contributed by atoms with Gasteiger partial charge in [-0.2, -0.15) is 0 Å². The summed E-state index contributed by atoms with van der Waals surface area (Å²) in [5.74, 6) is 1.07. The number of piperidine rings is 2. The van der Waals surface area contributed by atoms with Crippen LogP contribution in [0.3, 0.4) is 0 Å². The molecule has 1 aromatic carbocycles. The number of hydrogen-bond donors (Lipinski definition) is 2. The van der Waals surface area contributed by atoms with Crippen molar-refractivity contribution in [3.05, 3.63) is 42.2 Å². The Hall–Kier alpha value is -2.51. The molecule has 30 heavy (non-hydrogen) atoms. The van der Waals surface area contributed by atoms with Crippen LogP contribution in [0.2, 0.25) is 0 Å². The van der Waals surface area contributed by atoms with Gasteiger partial charge in [-0.1, -0.05) is 0 Å². The van der Waals surface area contributed by atoms with Gasteiger partial charge in [-0.25, -0.2) is 9.37 Å². The third kappa shape index (κ3) is 3.68. The third-order valence-corrected chi connectivity index (χ3v) is 7.04. The van der Waals surface area contributed by atoms with Gasteiger partial charge in [-0.15, -0.1) is 0 Å². The number of pyridine rings is 1. The van der Waals surface area contributed by atoms with Crippen LogP contribution in [0, 0.1) is 23.6 Å². The smallest absolute Gasteiger partial charge is 0.229 e. The van der Waals surface area contributed by atoms with E-state index in [2.05, 4.69) is 27.1 Å². The summed E-state index contributed by atoms with van der Waals surface area (Å²) >= 11 is 0. The van der Waals surface area contributed by atoms with Crippen molar-refractivity contribution in [1.29, 1.82) is 0 Å². The topological polar surface area (TPSA) is 74.5 Å². The van der Waals surface area contributed by atoms with Crippen LogP contribution in [0.5, 0.6) is 0 Å². The number of nitrogens with two attached hydrogens (primary N) is 1. The van der Waals surface area contributed by atoms with Crippen molar-refractivity contribution in [3.63, 3.8) is 0 Å². The first-order chi connectivity index (χ1) is 14.5. The van der Waals surface area contributed by atoms with Crippen LogP contribution in [-0.4, -0.2) is 60.0 Å². The summed E-state index contributed by atoms with van der Waals surface area (Å²) in [5.41, 5.74) is 7.93. The van der Waals surface area contributed by atoms with E-state index in [0.29, 0.717) is 35.1 Å². The predicted molar refractivity (Wildman–Crippen MR) is 115 cm³/mol. The van der Waals surface area contributed by atoms with E-state index in [1.54, 1.807) is 24.3 Å². The molecule has 2 aliphatic heterocycles. The lowest BCUT2D eigenvalue weighted by Crippen LogP contribution is -2.44. The minimum Gasteiger partial charge on any atom is -0.396 e. The van der Waals surface area contributed by atoms with Crippen molar-refractivity contribution >= 4 is 17.4 Å². The Bertz CT molecular complexity index is 929. The predicted octanol–water partition coefficient (Wildman–Crippen LogP) is 2.68. The van der Waals surface area contributed by atoms with E-state index in [1.165, 1.54) is 25.0 Å². The molecule has 3 fully saturated rings. The number of nitrogens with one attached hydrogen (secondary N) is 1. The average Bonchev–Trinajstić information content (AvgIpc) is 3.25. The fraction of sp³-hybridized carbons (Fsp3) is 0.478. The number of halogens is 1. The Balaban J connectivity index is 1.21. The highest BCUT2D eigenvalue weighted by Gasteiger charge is 2.60. The number of hydrogen-bond acceptors (Lipinski definition) is 5. The quantitative estimate of drug-likeness (QED) is 0.812. The van der Waals surface area contributed by atoms with Crippen LogP contribution < -0.4 is 11.1 Å². The molecule has 7 heteroatoms. The van der Waals surface area contributed by atoms with E-state index < -0.39 is 0 Å². The molecular formula is C23H28FN5O. The van der Waals surface area contributed by atoms with Gasteiger partial charge in [0.15, 0.2) is 5.82 Å². The van der Waals surface area contributed by atoms with Crippen molar-refractivity contribution in [2.45, 2.75) is 18.9 Å². The maximum Gasteiger partial charge on any atom is 0.229 e. The molecule has 1 saturated carbocycles. The molecule has 2 aromatic rings. The van der Waals surface area contributed by atoms with E-state index in [-0.39, 0.29) is 17.6 Å². The molecule has 158 valence electrons. The number of fused-ring (bicyclic) bond motifs is 1. The molecule has 3 aliphatic rings. The standard InChI is InChI=1S/C23H28FN5O/c1-28-10-8-16(9-11-28)29-12-17-18(13-29)21(17)23(30)27-22-19(25)6-7-20(26-22)14-2-4-15(24)5-3-14/h2-7,16-18,21H,8-13,25H2,1H3,(H,26,27,30)/t17-,18+,21?. The highest BCUT2D eigenvalue weighted by molar-refractivity contribution is 5.96. The first-order valence-electron chi connectivity index (χ1n) is 10.8. The second kappa shape index (κ2) is 7.63. The summed E-state index contributed by atoms with van der Waals surface area (Å²) < 4.78 is 13.2. The molecule has 3 heterocycles. The van der Waals surface area contributed by atoms with Gasteiger partial charge in [0, 0.05) is 30.6 Å². The fourth-order valence-corrected chi connectivity index (χ4v) is 5.16. The third-order valence-electron chi connectivity index (χ3n) is 7.04. The Labute approximate surface area is 176 Å². The van der Waals surface area contributed by atoms with Gasteiger partial charge < -0.3 is 16.0 Å². The normalized spacial score (nSPS) is 27.1. The second-order valence-electron chi connectivity index (χ2n) is 8.97. The van der Waals surface area contributed by atoms with Crippen molar-refractivity contribution in [2.75, 3.05) is 44.3 Å². The molecular weight excluding hydrogens is 381 g/mol. The molecule has 0 bridgehead atoms. The Morgan fingerprint density at radius 3 is 2.43 bits per heavy atom. The lowest BCUT2D eigenvalue weighted by Gasteiger charge is -2.36. The number of likely N-dealkylation sites (tertiary alicyclic amines) is 2. The van der Waals surface area contributed by atoms with Gasteiger partial charge in [-0.3, -0.25) is 9.69 Å².